The third-order valence-electron chi connectivity index (χ3n) is 6.43. The number of hydrogen-bond donors (Lipinski definition) is 1. The van der Waals surface area contributed by atoms with Gasteiger partial charge >= 0.3 is 0 Å². The van der Waals surface area contributed by atoms with Gasteiger partial charge in [-0.1, -0.05) is 50.6 Å². The first kappa shape index (κ1) is 27.3. The standard InChI is InChI=1S/C30H28ClF2N3O2/c1-17-14-20(10-12-23(17)32)36-29-21-7-5-6-19(28(21)34-16-35-29)15-24(37)26-22(31)11-8-18(27(26)33)9-13-25(38)30(2,3)4/h5-8,10-12,14,16H,9,13,15H2,1-4H3,(H,34,35,36). The fraction of sp³-hybridized carbons (Fsp3) is 0.267. The van der Waals surface area contributed by atoms with Gasteiger partial charge in [0.1, 0.15) is 29.6 Å². The normalized spacial score (nSPS) is 11.6. The number of benzene rings is 3. The average molecular weight is 536 g/mol. The van der Waals surface area contributed by atoms with Crippen LogP contribution in [0, 0.1) is 24.0 Å². The Morgan fingerprint density at radius 3 is 2.47 bits per heavy atom. The van der Waals surface area contributed by atoms with Crippen molar-refractivity contribution >= 4 is 45.6 Å². The molecule has 1 heterocycles. The second-order valence-electron chi connectivity index (χ2n) is 10.3. The van der Waals surface area contributed by atoms with E-state index in [1.807, 2.05) is 26.8 Å². The molecule has 8 heteroatoms. The van der Waals surface area contributed by atoms with Gasteiger partial charge in [-0.2, -0.15) is 0 Å². The van der Waals surface area contributed by atoms with Gasteiger partial charge in [-0.3, -0.25) is 9.59 Å². The van der Waals surface area contributed by atoms with E-state index in [1.54, 1.807) is 31.2 Å². The molecule has 0 aliphatic heterocycles. The molecule has 0 bridgehead atoms. The van der Waals surface area contributed by atoms with Crippen molar-refractivity contribution in [1.29, 1.82) is 0 Å². The summed E-state index contributed by atoms with van der Waals surface area (Å²) in [4.78, 5) is 34.3. The second kappa shape index (κ2) is 11.0. The number of nitrogens with one attached hydrogen (secondary N) is 1. The van der Waals surface area contributed by atoms with Crippen LogP contribution in [0.1, 0.15) is 54.2 Å². The fourth-order valence-electron chi connectivity index (χ4n) is 4.18. The van der Waals surface area contributed by atoms with Gasteiger partial charge in [-0.15, -0.1) is 0 Å². The summed E-state index contributed by atoms with van der Waals surface area (Å²) in [6.07, 6.45) is 1.58. The molecule has 0 aliphatic carbocycles. The first-order valence-corrected chi connectivity index (χ1v) is 12.6. The van der Waals surface area contributed by atoms with Gasteiger partial charge in [-0.25, -0.2) is 18.7 Å². The number of Topliss-reactive ketones (excluding diaryl/α,β-unsaturated/α-hetero) is 2. The van der Waals surface area contributed by atoms with Gasteiger partial charge in [-0.05, 0) is 60.4 Å². The van der Waals surface area contributed by atoms with Gasteiger partial charge in [0.15, 0.2) is 5.78 Å². The lowest BCUT2D eigenvalue weighted by atomic mass is 9.87. The van der Waals surface area contributed by atoms with E-state index in [-0.39, 0.29) is 47.0 Å². The number of carbonyl (C=O) groups excluding carboxylic acids is 2. The van der Waals surface area contributed by atoms with Crippen LogP contribution in [0.2, 0.25) is 5.02 Å². The maximum Gasteiger partial charge on any atom is 0.171 e. The summed E-state index contributed by atoms with van der Waals surface area (Å²) < 4.78 is 29.1. The molecular formula is C30H28ClF2N3O2. The van der Waals surface area contributed by atoms with Crippen LogP contribution in [0.25, 0.3) is 10.9 Å². The summed E-state index contributed by atoms with van der Waals surface area (Å²) in [7, 11) is 0. The molecule has 0 unspecified atom stereocenters. The van der Waals surface area contributed by atoms with Crippen LogP contribution in [0.3, 0.4) is 0 Å². The van der Waals surface area contributed by atoms with Crippen LogP contribution in [0.4, 0.5) is 20.3 Å². The SMILES string of the molecule is Cc1cc(Nc2ncnc3c(CC(=O)c4c(Cl)ccc(CCC(=O)C(C)(C)C)c4F)cccc23)ccc1F. The number of aryl methyl sites for hydroxylation is 2. The van der Waals surface area contributed by atoms with Gasteiger partial charge in [0, 0.05) is 29.3 Å². The third-order valence-corrected chi connectivity index (χ3v) is 6.74. The Bertz CT molecular complexity index is 1550. The number of ketones is 2. The van der Waals surface area contributed by atoms with Crippen molar-refractivity contribution in [3.05, 3.63) is 93.8 Å². The number of para-hydroxylation sites is 1. The van der Waals surface area contributed by atoms with Crippen molar-refractivity contribution in [1.82, 2.24) is 9.97 Å². The molecular weight excluding hydrogens is 508 g/mol. The molecule has 0 spiro atoms. The first-order valence-electron chi connectivity index (χ1n) is 12.2. The topological polar surface area (TPSA) is 72.0 Å². The van der Waals surface area contributed by atoms with E-state index in [0.29, 0.717) is 33.5 Å². The van der Waals surface area contributed by atoms with Crippen molar-refractivity contribution in [2.24, 2.45) is 5.41 Å². The quantitative estimate of drug-likeness (QED) is 0.235. The van der Waals surface area contributed by atoms with Gasteiger partial charge in [0.25, 0.3) is 0 Å². The molecule has 1 N–H and O–H groups in total. The number of nitrogens with zero attached hydrogens (tertiary/aromatic N) is 2. The van der Waals surface area contributed by atoms with E-state index in [2.05, 4.69) is 15.3 Å². The Hall–Kier alpha value is -3.71. The van der Waals surface area contributed by atoms with E-state index in [4.69, 9.17) is 11.6 Å². The zero-order valence-corrected chi connectivity index (χ0v) is 22.4. The predicted molar refractivity (Wildman–Crippen MR) is 146 cm³/mol. The molecule has 0 saturated heterocycles. The Morgan fingerprint density at radius 1 is 1.00 bits per heavy atom. The molecule has 5 nitrogen and oxygen atoms in total. The van der Waals surface area contributed by atoms with E-state index in [1.165, 1.54) is 24.5 Å². The summed E-state index contributed by atoms with van der Waals surface area (Å²) in [5, 5.41) is 3.84. The second-order valence-corrected chi connectivity index (χ2v) is 10.7. The van der Waals surface area contributed by atoms with Crippen molar-refractivity contribution < 1.29 is 18.4 Å². The van der Waals surface area contributed by atoms with Crippen LogP contribution in [-0.2, 0) is 17.6 Å². The van der Waals surface area contributed by atoms with Crippen molar-refractivity contribution in [3.8, 4) is 0 Å². The zero-order valence-electron chi connectivity index (χ0n) is 21.7. The molecule has 4 aromatic rings. The number of rotatable bonds is 8. The molecule has 4 rings (SSSR count). The molecule has 38 heavy (non-hydrogen) atoms. The van der Waals surface area contributed by atoms with Crippen LogP contribution < -0.4 is 5.32 Å². The van der Waals surface area contributed by atoms with Gasteiger partial charge < -0.3 is 5.32 Å². The molecule has 196 valence electrons. The summed E-state index contributed by atoms with van der Waals surface area (Å²) >= 11 is 6.27. The van der Waals surface area contributed by atoms with E-state index in [0.717, 1.165) is 0 Å². The minimum Gasteiger partial charge on any atom is -0.340 e. The highest BCUT2D eigenvalue weighted by Crippen LogP contribution is 2.29. The molecule has 0 amide bonds. The fourth-order valence-corrected chi connectivity index (χ4v) is 4.43. The van der Waals surface area contributed by atoms with Crippen molar-refractivity contribution in [2.45, 2.75) is 47.0 Å². The summed E-state index contributed by atoms with van der Waals surface area (Å²) in [6.45, 7) is 7.12. The number of halogens is 3. The maximum atomic E-state index is 15.4. The number of aromatic nitrogens is 2. The lowest BCUT2D eigenvalue weighted by Crippen LogP contribution is -2.20. The highest BCUT2D eigenvalue weighted by Gasteiger charge is 2.24. The number of anilines is 2. The molecule has 1 aromatic heterocycles. The third kappa shape index (κ3) is 5.89. The van der Waals surface area contributed by atoms with Crippen LogP contribution >= 0.6 is 11.6 Å². The van der Waals surface area contributed by atoms with Crippen LogP contribution in [0.5, 0.6) is 0 Å². The molecule has 0 radical (unpaired) electrons. The van der Waals surface area contributed by atoms with Crippen molar-refractivity contribution in [2.75, 3.05) is 5.32 Å². The van der Waals surface area contributed by atoms with Crippen molar-refractivity contribution in [3.63, 3.8) is 0 Å². The summed E-state index contributed by atoms with van der Waals surface area (Å²) in [6, 6.07) is 13.0. The average Bonchev–Trinajstić information content (AvgIpc) is 2.85. The minimum atomic E-state index is -0.701. The highest BCUT2D eigenvalue weighted by molar-refractivity contribution is 6.34. The predicted octanol–water partition coefficient (Wildman–Crippen LogP) is 7.59. The minimum absolute atomic E-state index is 0.00961. The molecule has 0 atom stereocenters. The zero-order chi connectivity index (χ0) is 27.6. The Labute approximate surface area is 225 Å². The van der Waals surface area contributed by atoms with Gasteiger partial charge in [0.05, 0.1) is 16.1 Å². The van der Waals surface area contributed by atoms with Crippen LogP contribution in [0.15, 0.2) is 54.9 Å². The molecule has 0 fully saturated rings. The van der Waals surface area contributed by atoms with Gasteiger partial charge in [0.2, 0.25) is 0 Å². The molecule has 0 saturated carbocycles. The van der Waals surface area contributed by atoms with Crippen LogP contribution in [-0.4, -0.2) is 21.5 Å². The smallest absolute Gasteiger partial charge is 0.171 e. The maximum absolute atomic E-state index is 15.4. The molecule has 3 aromatic carbocycles. The lowest BCUT2D eigenvalue weighted by molar-refractivity contribution is -0.126. The monoisotopic (exact) mass is 535 g/mol. The number of fused-ring (bicyclic) bond motifs is 1. The largest absolute Gasteiger partial charge is 0.340 e. The van der Waals surface area contributed by atoms with E-state index < -0.39 is 17.0 Å². The summed E-state index contributed by atoms with van der Waals surface area (Å²) in [5.41, 5.74) is 1.80. The van der Waals surface area contributed by atoms with E-state index in [9.17, 15) is 14.0 Å². The highest BCUT2D eigenvalue weighted by atomic mass is 35.5. The Morgan fingerprint density at radius 2 is 1.76 bits per heavy atom. The number of carbonyl (C=O) groups is 2. The molecule has 0 aliphatic rings. The Kier molecular flexibility index (Phi) is 7.88. The lowest BCUT2D eigenvalue weighted by Gasteiger charge is -2.17. The number of hydrogen-bond acceptors (Lipinski definition) is 5. The first-order chi connectivity index (χ1) is 18.0. The summed E-state index contributed by atoms with van der Waals surface area (Å²) in [5.74, 6) is -1.00. The Balaban J connectivity index is 1.62. The van der Waals surface area contributed by atoms with E-state index >= 15 is 4.39 Å².